The minimum absolute atomic E-state index is 0.799. The Kier molecular flexibility index (Phi) is 3.09. The molecule has 1 aromatic rings. The Balaban J connectivity index is 1.92. The lowest BCUT2D eigenvalue weighted by Crippen LogP contribution is -2.28. The molecule has 0 saturated carbocycles. The van der Waals surface area contributed by atoms with Crippen molar-refractivity contribution in [1.82, 2.24) is 15.3 Å². The number of hydrogen-bond donors (Lipinski definition) is 1. The van der Waals surface area contributed by atoms with Crippen molar-refractivity contribution in [3.8, 4) is 0 Å². The van der Waals surface area contributed by atoms with Crippen LogP contribution in [0.2, 0.25) is 0 Å². The molecule has 2 rings (SSSR count). The third-order valence-corrected chi connectivity index (χ3v) is 2.79. The van der Waals surface area contributed by atoms with Crippen molar-refractivity contribution in [3.05, 3.63) is 23.8 Å². The van der Waals surface area contributed by atoms with Gasteiger partial charge in [-0.05, 0) is 45.2 Å². The lowest BCUT2D eigenvalue weighted by molar-refractivity contribution is 0.370. The number of aromatic nitrogens is 2. The summed E-state index contributed by atoms with van der Waals surface area (Å²) in [7, 11) is 0. The van der Waals surface area contributed by atoms with Gasteiger partial charge in [-0.15, -0.1) is 0 Å². The van der Waals surface area contributed by atoms with Gasteiger partial charge in [0.1, 0.15) is 0 Å². The minimum Gasteiger partial charge on any atom is -0.317 e. The second-order valence-corrected chi connectivity index (χ2v) is 4.05. The highest BCUT2D eigenvalue weighted by Gasteiger charge is 2.13. The maximum atomic E-state index is 4.39. The third kappa shape index (κ3) is 2.51. The highest BCUT2D eigenvalue weighted by Crippen LogP contribution is 2.16. The fourth-order valence-corrected chi connectivity index (χ4v) is 1.91. The SMILES string of the molecule is Cc1cnc(CC2CCNCC2)cn1. The van der Waals surface area contributed by atoms with Crippen molar-refractivity contribution in [1.29, 1.82) is 0 Å². The van der Waals surface area contributed by atoms with Gasteiger partial charge in [0.25, 0.3) is 0 Å². The molecule has 1 fully saturated rings. The Morgan fingerprint density at radius 3 is 2.71 bits per heavy atom. The van der Waals surface area contributed by atoms with E-state index in [1.54, 1.807) is 0 Å². The van der Waals surface area contributed by atoms with E-state index in [4.69, 9.17) is 0 Å². The molecule has 1 aliphatic rings. The lowest BCUT2D eigenvalue weighted by Gasteiger charge is -2.21. The topological polar surface area (TPSA) is 37.8 Å². The highest BCUT2D eigenvalue weighted by molar-refractivity contribution is 5.01. The van der Waals surface area contributed by atoms with Crippen LogP contribution in [0.4, 0.5) is 0 Å². The molecule has 0 unspecified atom stereocenters. The first kappa shape index (κ1) is 9.59. The van der Waals surface area contributed by atoms with Gasteiger partial charge in [-0.2, -0.15) is 0 Å². The summed E-state index contributed by atoms with van der Waals surface area (Å²) in [6, 6.07) is 0. The molecular formula is C11H17N3. The highest BCUT2D eigenvalue weighted by atomic mass is 14.9. The lowest BCUT2D eigenvalue weighted by atomic mass is 9.93. The molecule has 0 radical (unpaired) electrons. The summed E-state index contributed by atoms with van der Waals surface area (Å²) in [6.45, 7) is 4.29. The number of nitrogens with one attached hydrogen (secondary N) is 1. The largest absolute Gasteiger partial charge is 0.317 e. The molecule has 1 aromatic heterocycles. The summed E-state index contributed by atoms with van der Waals surface area (Å²) in [5.74, 6) is 0.799. The number of hydrogen-bond acceptors (Lipinski definition) is 3. The Hall–Kier alpha value is -0.960. The van der Waals surface area contributed by atoms with E-state index in [2.05, 4.69) is 15.3 Å². The molecule has 1 N–H and O–H groups in total. The van der Waals surface area contributed by atoms with Gasteiger partial charge in [0.15, 0.2) is 0 Å². The summed E-state index contributed by atoms with van der Waals surface area (Å²) in [5, 5.41) is 3.37. The molecular weight excluding hydrogens is 174 g/mol. The predicted molar refractivity (Wildman–Crippen MR) is 56.1 cm³/mol. The summed E-state index contributed by atoms with van der Waals surface area (Å²) in [4.78, 5) is 8.66. The zero-order chi connectivity index (χ0) is 9.80. The van der Waals surface area contributed by atoms with E-state index in [1.165, 1.54) is 12.8 Å². The van der Waals surface area contributed by atoms with E-state index in [1.807, 2.05) is 19.3 Å². The Morgan fingerprint density at radius 1 is 1.29 bits per heavy atom. The van der Waals surface area contributed by atoms with Crippen molar-refractivity contribution in [3.63, 3.8) is 0 Å². The summed E-state index contributed by atoms with van der Waals surface area (Å²) >= 11 is 0. The Bertz CT molecular complexity index is 275. The van der Waals surface area contributed by atoms with Gasteiger partial charge in [-0.3, -0.25) is 9.97 Å². The minimum atomic E-state index is 0.799. The van der Waals surface area contributed by atoms with Crippen molar-refractivity contribution < 1.29 is 0 Å². The van der Waals surface area contributed by atoms with Crippen LogP contribution in [0.3, 0.4) is 0 Å². The molecule has 1 aliphatic heterocycles. The van der Waals surface area contributed by atoms with Crippen LogP contribution in [0.15, 0.2) is 12.4 Å². The van der Waals surface area contributed by atoms with Crippen molar-refractivity contribution in [2.45, 2.75) is 26.2 Å². The third-order valence-electron chi connectivity index (χ3n) is 2.79. The fraction of sp³-hybridized carbons (Fsp3) is 0.636. The molecule has 0 aromatic carbocycles. The van der Waals surface area contributed by atoms with Crippen molar-refractivity contribution in [2.75, 3.05) is 13.1 Å². The van der Waals surface area contributed by atoms with Crippen LogP contribution in [0.5, 0.6) is 0 Å². The van der Waals surface area contributed by atoms with Gasteiger partial charge in [0.2, 0.25) is 0 Å². The van der Waals surface area contributed by atoms with Gasteiger partial charge in [0.05, 0.1) is 11.4 Å². The van der Waals surface area contributed by atoms with E-state index in [0.717, 1.165) is 36.8 Å². The molecule has 0 bridgehead atoms. The quantitative estimate of drug-likeness (QED) is 0.766. The number of rotatable bonds is 2. The van der Waals surface area contributed by atoms with Gasteiger partial charge in [-0.25, -0.2) is 0 Å². The molecule has 0 atom stereocenters. The predicted octanol–water partition coefficient (Wildman–Crippen LogP) is 1.33. The van der Waals surface area contributed by atoms with E-state index in [-0.39, 0.29) is 0 Å². The molecule has 14 heavy (non-hydrogen) atoms. The molecule has 2 heterocycles. The van der Waals surface area contributed by atoms with E-state index in [9.17, 15) is 0 Å². The van der Waals surface area contributed by atoms with Gasteiger partial charge in [0, 0.05) is 12.4 Å². The smallest absolute Gasteiger partial charge is 0.0589 e. The molecule has 76 valence electrons. The van der Waals surface area contributed by atoms with Gasteiger partial charge in [-0.1, -0.05) is 0 Å². The first-order valence-corrected chi connectivity index (χ1v) is 5.33. The summed E-state index contributed by atoms with van der Waals surface area (Å²) in [6.07, 6.45) is 7.41. The first-order chi connectivity index (χ1) is 6.84. The van der Waals surface area contributed by atoms with Crippen molar-refractivity contribution in [2.24, 2.45) is 5.92 Å². The summed E-state index contributed by atoms with van der Waals surface area (Å²) in [5.41, 5.74) is 2.14. The summed E-state index contributed by atoms with van der Waals surface area (Å²) < 4.78 is 0. The number of aryl methyl sites for hydroxylation is 1. The van der Waals surface area contributed by atoms with Crippen LogP contribution in [0, 0.1) is 12.8 Å². The average molecular weight is 191 g/mol. The van der Waals surface area contributed by atoms with E-state index in [0.29, 0.717) is 0 Å². The van der Waals surface area contributed by atoms with E-state index < -0.39 is 0 Å². The normalized spacial score (nSPS) is 18.4. The zero-order valence-corrected chi connectivity index (χ0v) is 8.66. The number of piperidine rings is 1. The van der Waals surface area contributed by atoms with Crippen LogP contribution in [0.1, 0.15) is 24.2 Å². The Morgan fingerprint density at radius 2 is 2.07 bits per heavy atom. The second-order valence-electron chi connectivity index (χ2n) is 4.05. The van der Waals surface area contributed by atoms with Gasteiger partial charge < -0.3 is 5.32 Å². The monoisotopic (exact) mass is 191 g/mol. The maximum absolute atomic E-state index is 4.39. The van der Waals surface area contributed by atoms with Crippen LogP contribution in [-0.2, 0) is 6.42 Å². The molecule has 3 nitrogen and oxygen atoms in total. The van der Waals surface area contributed by atoms with Gasteiger partial charge >= 0.3 is 0 Å². The number of nitrogens with zero attached hydrogens (tertiary/aromatic N) is 2. The van der Waals surface area contributed by atoms with Crippen LogP contribution >= 0.6 is 0 Å². The fourth-order valence-electron chi connectivity index (χ4n) is 1.91. The molecule has 1 saturated heterocycles. The Labute approximate surface area is 85.0 Å². The molecule has 0 spiro atoms. The average Bonchev–Trinajstić information content (AvgIpc) is 2.23. The maximum Gasteiger partial charge on any atom is 0.0589 e. The standard InChI is InChI=1S/C11H17N3/c1-9-7-14-11(8-13-9)6-10-2-4-12-5-3-10/h7-8,10,12H,2-6H2,1H3. The second kappa shape index (κ2) is 4.51. The van der Waals surface area contributed by atoms with Crippen molar-refractivity contribution >= 4 is 0 Å². The first-order valence-electron chi connectivity index (χ1n) is 5.33. The molecule has 0 aliphatic carbocycles. The molecule has 3 heteroatoms. The van der Waals surface area contributed by atoms with Crippen LogP contribution in [-0.4, -0.2) is 23.1 Å². The van der Waals surface area contributed by atoms with E-state index >= 15 is 0 Å². The van der Waals surface area contributed by atoms with Crippen LogP contribution < -0.4 is 5.32 Å². The molecule has 0 amide bonds. The van der Waals surface area contributed by atoms with Crippen LogP contribution in [0.25, 0.3) is 0 Å². The zero-order valence-electron chi connectivity index (χ0n) is 8.66.